The van der Waals surface area contributed by atoms with Crippen molar-refractivity contribution in [2.45, 2.75) is 44.0 Å². The Labute approximate surface area is 157 Å². The summed E-state index contributed by atoms with van der Waals surface area (Å²) in [5, 5.41) is 15.7. The number of alkyl halides is 3. The second-order valence-electron chi connectivity index (χ2n) is 7.02. The predicted molar refractivity (Wildman–Crippen MR) is 94.3 cm³/mol. The van der Waals surface area contributed by atoms with Gasteiger partial charge in [0.15, 0.2) is 0 Å². The summed E-state index contributed by atoms with van der Waals surface area (Å²) in [6.45, 7) is 1.68. The molecule has 0 bridgehead atoms. The summed E-state index contributed by atoms with van der Waals surface area (Å²) in [6.07, 6.45) is -2.00. The highest BCUT2D eigenvalue weighted by molar-refractivity contribution is 5.96. The molecule has 2 aliphatic rings. The number of carbonyl (C=O) groups is 1. The van der Waals surface area contributed by atoms with Crippen LogP contribution in [0.3, 0.4) is 0 Å². The molecule has 146 valence electrons. The highest BCUT2D eigenvalue weighted by atomic mass is 35.5. The lowest BCUT2D eigenvalue weighted by molar-refractivity contribution is -0.137. The lowest BCUT2D eigenvalue weighted by Gasteiger charge is -2.43. The summed E-state index contributed by atoms with van der Waals surface area (Å²) < 4.78 is 39.5. The maximum Gasteiger partial charge on any atom is 0.417 e. The molecule has 3 rings (SSSR count). The molecule has 1 saturated carbocycles. The van der Waals surface area contributed by atoms with Gasteiger partial charge in [-0.1, -0.05) is 12.1 Å². The Morgan fingerprint density at radius 1 is 1.15 bits per heavy atom. The quantitative estimate of drug-likeness (QED) is 0.738. The first-order valence-electron chi connectivity index (χ1n) is 8.72. The molecule has 1 heterocycles. The Bertz CT molecular complexity index is 615. The first kappa shape index (κ1) is 21.0. The Kier molecular flexibility index (Phi) is 6.93. The summed E-state index contributed by atoms with van der Waals surface area (Å²) in [5.41, 5.74) is -1.25. The number of piperidine rings is 1. The van der Waals surface area contributed by atoms with E-state index in [1.165, 1.54) is 18.2 Å². The number of benzene rings is 1. The molecule has 8 heteroatoms. The molecule has 0 spiro atoms. The Balaban J connectivity index is 0.00000243. The van der Waals surface area contributed by atoms with Crippen molar-refractivity contribution < 1.29 is 23.1 Å². The molecule has 1 amide bonds. The molecular weight excluding hydrogens is 369 g/mol. The number of halogens is 4. The summed E-state index contributed by atoms with van der Waals surface area (Å²) in [4.78, 5) is 12.6. The van der Waals surface area contributed by atoms with E-state index in [0.717, 1.165) is 32.0 Å². The first-order valence-corrected chi connectivity index (χ1v) is 8.72. The van der Waals surface area contributed by atoms with Gasteiger partial charge in [0.25, 0.3) is 5.91 Å². The summed E-state index contributed by atoms with van der Waals surface area (Å²) in [7, 11) is 0. The lowest BCUT2D eigenvalue weighted by Crippen LogP contribution is -2.53. The molecule has 1 unspecified atom stereocenters. The predicted octanol–water partition coefficient (Wildman–Crippen LogP) is 3.00. The number of aliphatic hydroxyl groups is 1. The average molecular weight is 393 g/mol. The van der Waals surface area contributed by atoms with Gasteiger partial charge in [0.05, 0.1) is 17.2 Å². The fraction of sp³-hybridized carbons (Fsp3) is 0.611. The highest BCUT2D eigenvalue weighted by Crippen LogP contribution is 2.37. The lowest BCUT2D eigenvalue weighted by atomic mass is 9.71. The van der Waals surface area contributed by atoms with E-state index in [1.807, 2.05) is 0 Å². The third kappa shape index (κ3) is 4.69. The largest absolute Gasteiger partial charge is 0.417 e. The van der Waals surface area contributed by atoms with E-state index in [-0.39, 0.29) is 42.0 Å². The highest BCUT2D eigenvalue weighted by Gasteiger charge is 2.40. The number of aliphatic hydroxyl groups excluding tert-OH is 1. The van der Waals surface area contributed by atoms with Gasteiger partial charge >= 0.3 is 6.18 Å². The molecule has 1 aromatic carbocycles. The fourth-order valence-electron chi connectivity index (χ4n) is 3.90. The molecule has 1 aromatic rings. The minimum absolute atomic E-state index is 0. The number of rotatable bonds is 4. The number of hydrogen-bond acceptors (Lipinski definition) is 3. The third-order valence-electron chi connectivity index (χ3n) is 5.32. The van der Waals surface area contributed by atoms with Crippen molar-refractivity contribution in [3.8, 4) is 0 Å². The summed E-state index contributed by atoms with van der Waals surface area (Å²) >= 11 is 0. The summed E-state index contributed by atoms with van der Waals surface area (Å²) in [5.74, 6) is -0.335. The maximum atomic E-state index is 13.2. The van der Waals surface area contributed by atoms with E-state index < -0.39 is 17.6 Å². The molecule has 2 fully saturated rings. The van der Waals surface area contributed by atoms with Gasteiger partial charge in [0, 0.05) is 6.04 Å². The van der Waals surface area contributed by atoms with Crippen molar-refractivity contribution in [2.24, 2.45) is 11.8 Å². The minimum atomic E-state index is -4.56. The van der Waals surface area contributed by atoms with Gasteiger partial charge < -0.3 is 15.7 Å². The van der Waals surface area contributed by atoms with Crippen LogP contribution in [0.2, 0.25) is 0 Å². The van der Waals surface area contributed by atoms with Gasteiger partial charge in [-0.05, 0) is 62.7 Å². The molecule has 1 saturated heterocycles. The molecule has 1 aliphatic heterocycles. The van der Waals surface area contributed by atoms with Crippen molar-refractivity contribution in [3.63, 3.8) is 0 Å². The smallest absolute Gasteiger partial charge is 0.393 e. The monoisotopic (exact) mass is 392 g/mol. The van der Waals surface area contributed by atoms with Gasteiger partial charge in [0.1, 0.15) is 0 Å². The van der Waals surface area contributed by atoms with Crippen molar-refractivity contribution in [1.82, 2.24) is 10.6 Å². The zero-order chi connectivity index (χ0) is 18.0. The Morgan fingerprint density at radius 2 is 1.77 bits per heavy atom. The molecule has 4 nitrogen and oxygen atoms in total. The molecule has 0 aromatic heterocycles. The van der Waals surface area contributed by atoms with Crippen LogP contribution in [0.1, 0.15) is 41.6 Å². The SMILES string of the molecule is Cl.O=C(NC(C1CCNCC1)C1CC(O)C1)c1ccccc1C(F)(F)F. The maximum absolute atomic E-state index is 13.2. The topological polar surface area (TPSA) is 61.4 Å². The van der Waals surface area contributed by atoms with Crippen LogP contribution in [-0.2, 0) is 6.18 Å². The number of hydrogen-bond donors (Lipinski definition) is 3. The van der Waals surface area contributed by atoms with Crippen molar-refractivity contribution >= 4 is 18.3 Å². The molecule has 0 radical (unpaired) electrons. The van der Waals surface area contributed by atoms with Crippen LogP contribution < -0.4 is 10.6 Å². The second kappa shape index (κ2) is 8.59. The van der Waals surface area contributed by atoms with Crippen LogP contribution in [0.5, 0.6) is 0 Å². The van der Waals surface area contributed by atoms with Gasteiger partial charge in [-0.3, -0.25) is 4.79 Å². The molecule has 3 N–H and O–H groups in total. The van der Waals surface area contributed by atoms with E-state index in [0.29, 0.717) is 12.8 Å². The Hall–Kier alpha value is -1.31. The number of amides is 1. The Morgan fingerprint density at radius 3 is 2.35 bits per heavy atom. The van der Waals surface area contributed by atoms with Gasteiger partial charge in [-0.15, -0.1) is 12.4 Å². The van der Waals surface area contributed by atoms with Crippen LogP contribution in [0.4, 0.5) is 13.2 Å². The summed E-state index contributed by atoms with van der Waals surface area (Å²) in [6, 6.07) is 4.68. The van der Waals surface area contributed by atoms with Crippen LogP contribution in [-0.4, -0.2) is 36.2 Å². The third-order valence-corrected chi connectivity index (χ3v) is 5.32. The average Bonchev–Trinajstić information content (AvgIpc) is 2.57. The van der Waals surface area contributed by atoms with Gasteiger partial charge in [0.2, 0.25) is 0 Å². The van der Waals surface area contributed by atoms with Gasteiger partial charge in [-0.2, -0.15) is 13.2 Å². The zero-order valence-corrected chi connectivity index (χ0v) is 15.1. The normalized spacial score (nSPS) is 24.9. The zero-order valence-electron chi connectivity index (χ0n) is 14.3. The van der Waals surface area contributed by atoms with E-state index in [9.17, 15) is 23.1 Å². The van der Waals surface area contributed by atoms with Crippen LogP contribution in [0.25, 0.3) is 0 Å². The van der Waals surface area contributed by atoms with Crippen molar-refractivity contribution in [3.05, 3.63) is 35.4 Å². The minimum Gasteiger partial charge on any atom is -0.393 e. The second-order valence-corrected chi connectivity index (χ2v) is 7.02. The van der Waals surface area contributed by atoms with E-state index in [1.54, 1.807) is 0 Å². The first-order chi connectivity index (χ1) is 11.9. The molecule has 1 aliphatic carbocycles. The standard InChI is InChI=1S/C18H23F3N2O2.ClH/c19-18(20,21)15-4-2-1-3-14(15)17(25)23-16(12-9-13(24)10-12)11-5-7-22-8-6-11;/h1-4,11-13,16,22,24H,5-10H2,(H,23,25);1H. The fourth-order valence-corrected chi connectivity index (χ4v) is 3.90. The van der Waals surface area contributed by atoms with E-state index >= 15 is 0 Å². The molecule has 1 atom stereocenters. The van der Waals surface area contributed by atoms with Crippen molar-refractivity contribution in [2.75, 3.05) is 13.1 Å². The molecular formula is C18H24ClF3N2O2. The number of carbonyl (C=O) groups excluding carboxylic acids is 1. The van der Waals surface area contributed by atoms with Crippen LogP contribution >= 0.6 is 12.4 Å². The van der Waals surface area contributed by atoms with Crippen molar-refractivity contribution in [1.29, 1.82) is 0 Å². The van der Waals surface area contributed by atoms with Crippen LogP contribution in [0.15, 0.2) is 24.3 Å². The number of nitrogens with one attached hydrogen (secondary N) is 2. The van der Waals surface area contributed by atoms with E-state index in [2.05, 4.69) is 10.6 Å². The van der Waals surface area contributed by atoms with Crippen LogP contribution in [0, 0.1) is 11.8 Å². The van der Waals surface area contributed by atoms with Gasteiger partial charge in [-0.25, -0.2) is 0 Å². The van der Waals surface area contributed by atoms with E-state index in [4.69, 9.17) is 0 Å². The molecule has 26 heavy (non-hydrogen) atoms.